The molecule has 0 saturated heterocycles. The molecule has 0 aliphatic carbocycles. The normalized spacial score (nSPS) is 18.6. The van der Waals surface area contributed by atoms with Crippen molar-refractivity contribution in [2.45, 2.75) is 19.5 Å². The predicted molar refractivity (Wildman–Crippen MR) is 38.5 cm³/mol. The van der Waals surface area contributed by atoms with Crippen LogP contribution in [0.25, 0.3) is 0 Å². The van der Waals surface area contributed by atoms with Crippen LogP contribution in [0.1, 0.15) is 13.8 Å². The summed E-state index contributed by atoms with van der Waals surface area (Å²) in [5.41, 5.74) is -0.113. The summed E-state index contributed by atoms with van der Waals surface area (Å²) in [6.45, 7) is 0.666. The molecule has 8 heavy (non-hydrogen) atoms. The van der Waals surface area contributed by atoms with E-state index in [-0.39, 0.29) is 5.66 Å². The van der Waals surface area contributed by atoms with Crippen LogP contribution in [0.15, 0.2) is 0 Å². The fraction of sp³-hybridized carbons (Fsp3) is 1.00. The van der Waals surface area contributed by atoms with Gasteiger partial charge in [-0.3, -0.25) is 4.57 Å². The smallest absolute Gasteiger partial charge is 0.257 e. The summed E-state index contributed by atoms with van der Waals surface area (Å²) < 4.78 is 10.8. The van der Waals surface area contributed by atoms with Crippen molar-refractivity contribution >= 4 is 18.0 Å². The lowest BCUT2D eigenvalue weighted by Gasteiger charge is -2.10. The van der Waals surface area contributed by atoms with Gasteiger partial charge in [0, 0.05) is 5.66 Å². The third kappa shape index (κ3) is 2.21. The van der Waals surface area contributed by atoms with Gasteiger partial charge in [0.1, 0.15) is 0 Å². The molecule has 50 valence electrons. The lowest BCUT2D eigenvalue weighted by molar-refractivity contribution is 0.488. The van der Waals surface area contributed by atoms with Gasteiger partial charge in [-0.2, -0.15) is 0 Å². The third-order valence-electron chi connectivity index (χ3n) is 0.914. The Morgan fingerprint density at radius 3 is 2.00 bits per heavy atom. The van der Waals surface area contributed by atoms with Crippen molar-refractivity contribution in [3.05, 3.63) is 0 Å². The van der Waals surface area contributed by atoms with Gasteiger partial charge in [0.25, 0.3) is 6.57 Å². The van der Waals surface area contributed by atoms with Gasteiger partial charge in [0.15, 0.2) is 0 Å². The standard InChI is InChI=1S/C4H11O2PS/c1-4(2)7(5,6)8-3/h4H,1-3H3,(H,5,6). The molecule has 1 unspecified atom stereocenters. The van der Waals surface area contributed by atoms with Crippen LogP contribution in [0.2, 0.25) is 0 Å². The topological polar surface area (TPSA) is 37.3 Å². The van der Waals surface area contributed by atoms with Crippen LogP contribution in [0.4, 0.5) is 0 Å². The Morgan fingerprint density at radius 2 is 2.00 bits per heavy atom. The predicted octanol–water partition coefficient (Wildman–Crippen LogP) is 1.94. The van der Waals surface area contributed by atoms with Crippen molar-refractivity contribution in [1.82, 2.24) is 0 Å². The molecule has 0 aliphatic rings. The highest BCUT2D eigenvalue weighted by Gasteiger charge is 2.20. The Labute approximate surface area is 53.9 Å². The molecular formula is C4H11O2PS. The second-order valence-corrected chi connectivity index (χ2v) is 7.03. The molecule has 0 aromatic carbocycles. The van der Waals surface area contributed by atoms with Crippen LogP contribution in [-0.2, 0) is 4.57 Å². The maximum Gasteiger partial charge on any atom is 0.257 e. The zero-order chi connectivity index (χ0) is 6.78. The Morgan fingerprint density at radius 1 is 1.62 bits per heavy atom. The number of hydrogen-bond acceptors (Lipinski definition) is 2. The van der Waals surface area contributed by atoms with Crippen LogP contribution in [0.5, 0.6) is 0 Å². The molecule has 0 heterocycles. The van der Waals surface area contributed by atoms with Crippen LogP contribution in [0, 0.1) is 0 Å². The minimum absolute atomic E-state index is 0.113. The SMILES string of the molecule is CSP(=O)(O)C(C)C. The van der Waals surface area contributed by atoms with Crippen molar-refractivity contribution in [2.75, 3.05) is 6.26 Å². The average Bonchev–Trinajstić information content (AvgIpc) is 1.67. The monoisotopic (exact) mass is 154 g/mol. The van der Waals surface area contributed by atoms with Crippen molar-refractivity contribution in [1.29, 1.82) is 0 Å². The van der Waals surface area contributed by atoms with Gasteiger partial charge in [0.2, 0.25) is 0 Å². The molecule has 4 heteroatoms. The molecule has 0 rings (SSSR count). The Bertz CT molecular complexity index is 113. The van der Waals surface area contributed by atoms with E-state index in [0.29, 0.717) is 0 Å². The lowest BCUT2D eigenvalue weighted by atomic mass is 10.6. The van der Waals surface area contributed by atoms with Crippen molar-refractivity contribution in [3.8, 4) is 0 Å². The molecule has 0 radical (unpaired) electrons. The van der Waals surface area contributed by atoms with Gasteiger partial charge >= 0.3 is 0 Å². The van der Waals surface area contributed by atoms with Gasteiger partial charge in [-0.25, -0.2) is 0 Å². The maximum absolute atomic E-state index is 10.8. The number of hydrogen-bond donors (Lipinski definition) is 1. The summed E-state index contributed by atoms with van der Waals surface area (Å²) in [6.07, 6.45) is 1.65. The second-order valence-electron chi connectivity index (χ2n) is 1.84. The highest BCUT2D eigenvalue weighted by molar-refractivity contribution is 8.56. The Kier molecular flexibility index (Phi) is 3.10. The molecule has 0 spiro atoms. The van der Waals surface area contributed by atoms with Crippen molar-refractivity contribution in [2.24, 2.45) is 0 Å². The summed E-state index contributed by atoms with van der Waals surface area (Å²) in [5, 5.41) is 0. The Hall–Kier alpha value is 0.540. The molecule has 0 saturated carbocycles. The summed E-state index contributed by atoms with van der Waals surface area (Å²) in [6, 6.07) is 0. The fourth-order valence-corrected chi connectivity index (χ4v) is 1.90. The largest absolute Gasteiger partial charge is 0.337 e. The van der Waals surface area contributed by atoms with E-state index >= 15 is 0 Å². The molecule has 0 amide bonds. The van der Waals surface area contributed by atoms with Crippen LogP contribution >= 0.6 is 18.0 Å². The number of rotatable bonds is 2. The van der Waals surface area contributed by atoms with E-state index in [4.69, 9.17) is 4.89 Å². The molecule has 0 aromatic heterocycles. The van der Waals surface area contributed by atoms with E-state index in [1.165, 1.54) is 0 Å². The average molecular weight is 154 g/mol. The molecular weight excluding hydrogens is 143 g/mol. The molecule has 1 N–H and O–H groups in total. The molecule has 0 aromatic rings. The second kappa shape index (κ2) is 2.90. The lowest BCUT2D eigenvalue weighted by Crippen LogP contribution is -1.91. The van der Waals surface area contributed by atoms with Crippen LogP contribution in [0.3, 0.4) is 0 Å². The summed E-state index contributed by atoms with van der Waals surface area (Å²) >= 11 is 1.05. The third-order valence-corrected chi connectivity index (χ3v) is 5.58. The summed E-state index contributed by atoms with van der Waals surface area (Å²) in [5.74, 6) is 0. The van der Waals surface area contributed by atoms with E-state index in [1.54, 1.807) is 20.1 Å². The minimum Gasteiger partial charge on any atom is -0.337 e. The quantitative estimate of drug-likeness (QED) is 0.617. The summed E-state index contributed by atoms with van der Waals surface area (Å²) in [7, 11) is 0. The van der Waals surface area contributed by atoms with E-state index < -0.39 is 6.57 Å². The van der Waals surface area contributed by atoms with E-state index in [9.17, 15) is 4.57 Å². The molecule has 0 aliphatic heterocycles. The van der Waals surface area contributed by atoms with Gasteiger partial charge in [-0.15, -0.1) is 0 Å². The first-order valence-corrected chi connectivity index (χ1v) is 5.94. The molecule has 0 fully saturated rings. The first-order chi connectivity index (χ1) is 3.50. The van der Waals surface area contributed by atoms with E-state index in [1.807, 2.05) is 0 Å². The highest BCUT2D eigenvalue weighted by atomic mass is 32.7. The Balaban J connectivity index is 3.93. The zero-order valence-electron chi connectivity index (χ0n) is 5.29. The highest BCUT2D eigenvalue weighted by Crippen LogP contribution is 2.56. The van der Waals surface area contributed by atoms with E-state index in [2.05, 4.69) is 0 Å². The first kappa shape index (κ1) is 8.54. The zero-order valence-corrected chi connectivity index (χ0v) is 7.00. The molecule has 0 bridgehead atoms. The van der Waals surface area contributed by atoms with Crippen molar-refractivity contribution < 1.29 is 9.46 Å². The van der Waals surface area contributed by atoms with Gasteiger partial charge < -0.3 is 4.89 Å². The van der Waals surface area contributed by atoms with Crippen molar-refractivity contribution in [3.63, 3.8) is 0 Å². The molecule has 2 nitrogen and oxygen atoms in total. The first-order valence-electron chi connectivity index (χ1n) is 2.39. The van der Waals surface area contributed by atoms with E-state index in [0.717, 1.165) is 11.4 Å². The van der Waals surface area contributed by atoms with Gasteiger partial charge in [-0.1, -0.05) is 25.2 Å². The van der Waals surface area contributed by atoms with Gasteiger partial charge in [-0.05, 0) is 6.26 Å². The van der Waals surface area contributed by atoms with Crippen LogP contribution < -0.4 is 0 Å². The fourth-order valence-electron chi connectivity index (χ4n) is 0.211. The maximum atomic E-state index is 10.8. The molecule has 1 atom stereocenters. The summed E-state index contributed by atoms with van der Waals surface area (Å²) in [4.78, 5) is 8.92. The minimum atomic E-state index is -2.83. The van der Waals surface area contributed by atoms with Gasteiger partial charge in [0.05, 0.1) is 0 Å². The van der Waals surface area contributed by atoms with Crippen LogP contribution in [-0.4, -0.2) is 16.8 Å².